The Morgan fingerprint density at radius 2 is 1.48 bits per heavy atom. The molecule has 0 fully saturated rings. The van der Waals surface area contributed by atoms with Gasteiger partial charge in [-0.2, -0.15) is 0 Å². The van der Waals surface area contributed by atoms with Gasteiger partial charge < -0.3 is 7.96 Å². The molecule has 1 aromatic carbocycles. The van der Waals surface area contributed by atoms with Crippen LogP contribution in [0.15, 0.2) is 12.1 Å². The molecule has 0 saturated heterocycles. The Kier molecular flexibility index (Phi) is 7.87. The van der Waals surface area contributed by atoms with Gasteiger partial charge in [-0.25, -0.2) is 0 Å². The SMILES string of the molecule is CCO[P+](=O)c1cc(C(C)(C)C)c(O)c(C(C)(C)C)c1.[Ca+2].[H-].[H-]. The summed E-state index contributed by atoms with van der Waals surface area (Å²) in [5, 5.41) is 11.2. The molecule has 0 aromatic heterocycles. The van der Waals surface area contributed by atoms with E-state index in [9.17, 15) is 9.67 Å². The Morgan fingerprint density at radius 1 is 1.10 bits per heavy atom. The maximum atomic E-state index is 12.2. The zero-order valence-electron chi connectivity index (χ0n) is 16.3. The van der Waals surface area contributed by atoms with Crippen LogP contribution < -0.4 is 5.30 Å². The van der Waals surface area contributed by atoms with Crippen LogP contribution in [0.25, 0.3) is 0 Å². The van der Waals surface area contributed by atoms with Crippen molar-refractivity contribution >= 4 is 51.1 Å². The summed E-state index contributed by atoms with van der Waals surface area (Å²) >= 11 is 0. The predicted octanol–water partition coefficient (Wildman–Crippen LogP) is 4.24. The first kappa shape index (κ1) is 21.3. The molecule has 5 heteroatoms. The second kappa shape index (κ2) is 7.75. The molecule has 0 heterocycles. The fraction of sp³-hybridized carbons (Fsp3) is 0.625. The van der Waals surface area contributed by atoms with Crippen molar-refractivity contribution in [3.8, 4) is 5.75 Å². The molecule has 1 aromatic rings. The van der Waals surface area contributed by atoms with Crippen molar-refractivity contribution < 1.29 is 17.0 Å². The van der Waals surface area contributed by atoms with E-state index in [0.29, 0.717) is 17.7 Å². The van der Waals surface area contributed by atoms with E-state index in [-0.39, 0.29) is 51.4 Å². The first-order valence-corrected chi connectivity index (χ1v) is 8.14. The summed E-state index contributed by atoms with van der Waals surface area (Å²) in [4.78, 5) is 0. The number of hydrogen-bond donors (Lipinski definition) is 1. The molecule has 0 amide bonds. The Balaban J connectivity index is -0.00000133. The number of aromatic hydroxyl groups is 1. The van der Waals surface area contributed by atoms with Gasteiger partial charge in [0.05, 0.1) is 0 Å². The van der Waals surface area contributed by atoms with Crippen molar-refractivity contribution in [1.82, 2.24) is 0 Å². The fourth-order valence-corrected chi connectivity index (χ4v) is 2.91. The Bertz CT molecular complexity index is 488. The van der Waals surface area contributed by atoms with Gasteiger partial charge in [-0.15, -0.1) is 4.52 Å². The summed E-state index contributed by atoms with van der Waals surface area (Å²) in [5.74, 6) is 0.300. The maximum Gasteiger partial charge on any atom is 2.00 e. The molecule has 21 heavy (non-hydrogen) atoms. The summed E-state index contributed by atoms with van der Waals surface area (Å²) < 4.78 is 17.4. The standard InChI is InChI=1S/C16H25O3P.Ca.2H/c1-8-19-20(18)11-9-12(15(2,3)4)14(17)13(10-11)16(5,6)7;;;/h9-10H,8H2,1-7H3;;;/q;+2;2*-1/p+1. The van der Waals surface area contributed by atoms with Crippen LogP contribution in [0.1, 0.15) is 62.4 Å². The second-order valence-electron chi connectivity index (χ2n) is 7.06. The number of rotatable bonds is 3. The van der Waals surface area contributed by atoms with E-state index in [1.54, 1.807) is 12.1 Å². The monoisotopic (exact) mass is 339 g/mol. The van der Waals surface area contributed by atoms with E-state index in [2.05, 4.69) is 0 Å². The average Bonchev–Trinajstić information content (AvgIpc) is 2.26. The molecule has 0 saturated carbocycles. The van der Waals surface area contributed by atoms with Gasteiger partial charge in [-0.1, -0.05) is 41.5 Å². The molecular formula is C16H28CaO3P+. The van der Waals surface area contributed by atoms with Gasteiger partial charge in [0, 0.05) is 23.3 Å². The van der Waals surface area contributed by atoms with Crippen LogP contribution in [0.4, 0.5) is 0 Å². The summed E-state index contributed by atoms with van der Waals surface area (Å²) in [6, 6.07) is 3.61. The summed E-state index contributed by atoms with van der Waals surface area (Å²) in [6.07, 6.45) is 0. The first-order valence-electron chi connectivity index (χ1n) is 6.96. The summed E-state index contributed by atoms with van der Waals surface area (Å²) in [6.45, 7) is 14.4. The minimum absolute atomic E-state index is 0. The van der Waals surface area contributed by atoms with Crippen molar-refractivity contribution in [1.29, 1.82) is 0 Å². The van der Waals surface area contributed by atoms with Gasteiger partial charge in [-0.05, 0) is 22.3 Å². The minimum atomic E-state index is -1.88. The van der Waals surface area contributed by atoms with Crippen LogP contribution in [0.5, 0.6) is 5.75 Å². The third-order valence-corrected chi connectivity index (χ3v) is 4.34. The van der Waals surface area contributed by atoms with Crippen LogP contribution in [0.3, 0.4) is 0 Å². The second-order valence-corrected chi connectivity index (χ2v) is 8.35. The van der Waals surface area contributed by atoms with Crippen molar-refractivity contribution in [3.63, 3.8) is 0 Å². The third kappa shape index (κ3) is 5.48. The molecule has 0 aliphatic rings. The molecule has 0 spiro atoms. The molecule has 116 valence electrons. The number of phenolic OH excluding ortho intramolecular Hbond substituents is 1. The van der Waals surface area contributed by atoms with Crippen molar-refractivity contribution in [2.24, 2.45) is 0 Å². The zero-order chi connectivity index (χ0) is 15.7. The largest absolute Gasteiger partial charge is 2.00 e. The molecular weight excluding hydrogens is 311 g/mol. The van der Waals surface area contributed by atoms with Crippen molar-refractivity contribution in [2.75, 3.05) is 6.61 Å². The van der Waals surface area contributed by atoms with Gasteiger partial charge in [0.15, 0.2) is 0 Å². The summed E-state index contributed by atoms with van der Waals surface area (Å²) in [7, 11) is -1.88. The Morgan fingerprint density at radius 3 is 1.76 bits per heavy atom. The normalized spacial score (nSPS) is 12.8. The van der Waals surface area contributed by atoms with Crippen LogP contribution >= 0.6 is 8.03 Å². The summed E-state index contributed by atoms with van der Waals surface area (Å²) in [5.41, 5.74) is 1.18. The Labute approximate surface area is 162 Å². The quantitative estimate of drug-likeness (QED) is 0.662. The Hall–Kier alpha value is 0.340. The first-order chi connectivity index (χ1) is 8.98. The molecule has 0 bridgehead atoms. The molecule has 0 aliphatic carbocycles. The van der Waals surface area contributed by atoms with E-state index in [0.717, 1.165) is 11.1 Å². The average molecular weight is 339 g/mol. The van der Waals surface area contributed by atoms with Crippen LogP contribution in [0.2, 0.25) is 0 Å². The number of hydrogen-bond acceptors (Lipinski definition) is 3. The van der Waals surface area contributed by atoms with Crippen LogP contribution in [-0.4, -0.2) is 49.5 Å². The third-order valence-electron chi connectivity index (χ3n) is 3.17. The van der Waals surface area contributed by atoms with E-state index in [4.69, 9.17) is 4.52 Å². The van der Waals surface area contributed by atoms with Crippen molar-refractivity contribution in [2.45, 2.75) is 59.3 Å². The molecule has 0 radical (unpaired) electrons. The number of benzene rings is 1. The fourth-order valence-electron chi connectivity index (χ4n) is 2.06. The predicted molar refractivity (Wildman–Crippen MR) is 92.4 cm³/mol. The molecule has 1 N–H and O–H groups in total. The van der Waals surface area contributed by atoms with E-state index < -0.39 is 8.03 Å². The maximum absolute atomic E-state index is 12.2. The smallest absolute Gasteiger partial charge is 1.00 e. The van der Waals surface area contributed by atoms with E-state index >= 15 is 0 Å². The van der Waals surface area contributed by atoms with Gasteiger partial charge >= 0.3 is 45.8 Å². The van der Waals surface area contributed by atoms with Gasteiger partial charge in [0.25, 0.3) is 0 Å². The van der Waals surface area contributed by atoms with E-state index in [1.165, 1.54) is 0 Å². The number of phenols is 1. The van der Waals surface area contributed by atoms with E-state index in [1.807, 2.05) is 48.5 Å². The minimum Gasteiger partial charge on any atom is -1.00 e. The van der Waals surface area contributed by atoms with Gasteiger partial charge in [0.2, 0.25) is 5.30 Å². The van der Waals surface area contributed by atoms with Crippen LogP contribution in [0, 0.1) is 0 Å². The molecule has 1 rings (SSSR count). The zero-order valence-corrected chi connectivity index (χ0v) is 17.4. The van der Waals surface area contributed by atoms with Crippen molar-refractivity contribution in [3.05, 3.63) is 23.3 Å². The molecule has 0 aliphatic heterocycles. The topological polar surface area (TPSA) is 46.5 Å². The van der Waals surface area contributed by atoms with Gasteiger partial charge in [0.1, 0.15) is 12.4 Å². The molecule has 1 unspecified atom stereocenters. The molecule has 1 atom stereocenters. The van der Waals surface area contributed by atoms with Gasteiger partial charge in [-0.3, -0.25) is 0 Å². The molecule has 3 nitrogen and oxygen atoms in total. The van der Waals surface area contributed by atoms with Crippen LogP contribution in [-0.2, 0) is 19.9 Å².